The lowest BCUT2D eigenvalue weighted by atomic mass is 9.98. The molecule has 6 heteroatoms. The Morgan fingerprint density at radius 3 is 2.05 bits per heavy atom. The summed E-state index contributed by atoms with van der Waals surface area (Å²) in [5, 5.41) is 6.62. The quantitative estimate of drug-likeness (QED) is 0.765. The fourth-order valence-corrected chi connectivity index (χ4v) is 2.86. The number of rotatable bonds is 8. The molecule has 3 rings (SSSR count). The lowest BCUT2D eigenvalue weighted by molar-refractivity contribution is 0.427. The molecule has 0 aromatic carbocycles. The Morgan fingerprint density at radius 1 is 1.00 bits per heavy atom. The van der Waals surface area contributed by atoms with Crippen molar-refractivity contribution in [3.05, 3.63) is 0 Å². The van der Waals surface area contributed by atoms with E-state index in [0.717, 1.165) is 30.8 Å². The Bertz CT molecular complexity index is 469. The fraction of sp³-hybridized carbons (Fsp3) is 0.800. The first kappa shape index (κ1) is 14.4. The van der Waals surface area contributed by atoms with Crippen LogP contribution in [0.25, 0.3) is 0 Å². The van der Waals surface area contributed by atoms with Crippen molar-refractivity contribution >= 4 is 17.8 Å². The van der Waals surface area contributed by atoms with Gasteiger partial charge in [0.1, 0.15) is 0 Å². The highest BCUT2D eigenvalue weighted by molar-refractivity contribution is 5.42. The van der Waals surface area contributed by atoms with Gasteiger partial charge in [0.15, 0.2) is 0 Å². The monoisotopic (exact) mass is 290 g/mol. The van der Waals surface area contributed by atoms with Crippen molar-refractivity contribution in [2.45, 2.75) is 32.6 Å². The average molecular weight is 290 g/mol. The highest BCUT2D eigenvalue weighted by Gasteiger charge is 2.41. The summed E-state index contributed by atoms with van der Waals surface area (Å²) in [7, 11) is 3.90. The molecule has 0 aliphatic heterocycles. The van der Waals surface area contributed by atoms with Crippen LogP contribution in [0.2, 0.25) is 0 Å². The molecule has 0 bridgehead atoms. The topological polar surface area (TPSA) is 66.0 Å². The minimum Gasteiger partial charge on any atom is -0.354 e. The summed E-state index contributed by atoms with van der Waals surface area (Å²) in [5.74, 6) is 4.72. The molecule has 0 unspecified atom stereocenters. The van der Waals surface area contributed by atoms with Crippen LogP contribution in [0, 0.1) is 17.8 Å². The summed E-state index contributed by atoms with van der Waals surface area (Å²) in [6.45, 7) is 3.85. The number of hydrogen-bond donors (Lipinski definition) is 2. The molecule has 2 fully saturated rings. The normalized spacial score (nSPS) is 17.9. The minimum atomic E-state index is 0.646. The van der Waals surface area contributed by atoms with E-state index in [9.17, 15) is 0 Å². The van der Waals surface area contributed by atoms with Gasteiger partial charge in [0, 0.05) is 27.2 Å². The average Bonchev–Trinajstić information content (AvgIpc) is 3.33. The second kappa shape index (κ2) is 6.03. The molecule has 116 valence electrons. The molecule has 0 atom stereocenters. The predicted octanol–water partition coefficient (Wildman–Crippen LogP) is 2.22. The summed E-state index contributed by atoms with van der Waals surface area (Å²) in [6, 6.07) is 0. The molecule has 0 radical (unpaired) electrons. The van der Waals surface area contributed by atoms with Gasteiger partial charge in [-0.1, -0.05) is 0 Å². The lowest BCUT2D eigenvalue weighted by Gasteiger charge is -2.18. The molecule has 6 nitrogen and oxygen atoms in total. The molecule has 2 saturated carbocycles. The number of nitrogens with zero attached hydrogens (tertiary/aromatic N) is 4. The molecule has 0 amide bonds. The molecule has 1 aromatic heterocycles. The molecule has 1 aromatic rings. The van der Waals surface area contributed by atoms with Gasteiger partial charge in [-0.15, -0.1) is 0 Å². The SMILES string of the molecule is CCNc1nc(NCC(C2CC2)C2CC2)nc(N(C)C)n1. The molecular formula is C15H26N6. The van der Waals surface area contributed by atoms with Crippen LogP contribution in [0.5, 0.6) is 0 Å². The highest BCUT2D eigenvalue weighted by Crippen LogP contribution is 2.49. The molecule has 1 heterocycles. The summed E-state index contributed by atoms with van der Waals surface area (Å²) >= 11 is 0. The number of hydrogen-bond acceptors (Lipinski definition) is 6. The first-order valence-corrected chi connectivity index (χ1v) is 8.08. The van der Waals surface area contributed by atoms with Crippen LogP contribution in [-0.2, 0) is 0 Å². The largest absolute Gasteiger partial charge is 0.354 e. The molecule has 21 heavy (non-hydrogen) atoms. The standard InChI is InChI=1S/C15H26N6/c1-4-16-13-18-14(20-15(19-13)21(2)3)17-9-12(10-5-6-10)11-7-8-11/h10-12H,4-9H2,1-3H3,(H2,16,17,18,19,20). The molecule has 2 N–H and O–H groups in total. The summed E-state index contributed by atoms with van der Waals surface area (Å²) in [6.07, 6.45) is 5.63. The maximum Gasteiger partial charge on any atom is 0.231 e. The van der Waals surface area contributed by atoms with Gasteiger partial charge < -0.3 is 15.5 Å². The third-order valence-corrected chi connectivity index (χ3v) is 4.31. The maximum absolute atomic E-state index is 4.50. The van der Waals surface area contributed by atoms with Crippen LogP contribution in [-0.4, -0.2) is 42.1 Å². The Morgan fingerprint density at radius 2 is 1.57 bits per heavy atom. The second-order valence-corrected chi connectivity index (χ2v) is 6.43. The van der Waals surface area contributed by atoms with Crippen molar-refractivity contribution in [1.29, 1.82) is 0 Å². The molecular weight excluding hydrogens is 264 g/mol. The molecule has 0 saturated heterocycles. The zero-order valence-corrected chi connectivity index (χ0v) is 13.3. The summed E-state index contributed by atoms with van der Waals surface area (Å²) in [5.41, 5.74) is 0. The van der Waals surface area contributed by atoms with Gasteiger partial charge in [-0.25, -0.2) is 0 Å². The van der Waals surface area contributed by atoms with Crippen molar-refractivity contribution in [3.8, 4) is 0 Å². The van der Waals surface area contributed by atoms with E-state index < -0.39 is 0 Å². The van der Waals surface area contributed by atoms with Crippen LogP contribution >= 0.6 is 0 Å². The Hall–Kier alpha value is -1.59. The van der Waals surface area contributed by atoms with E-state index in [2.05, 4.69) is 25.6 Å². The molecule has 0 spiro atoms. The van der Waals surface area contributed by atoms with E-state index >= 15 is 0 Å². The number of anilines is 3. The maximum atomic E-state index is 4.50. The zero-order valence-electron chi connectivity index (χ0n) is 13.3. The van der Waals surface area contributed by atoms with Crippen molar-refractivity contribution in [3.63, 3.8) is 0 Å². The molecule has 2 aliphatic carbocycles. The Kier molecular flexibility index (Phi) is 4.12. The van der Waals surface area contributed by atoms with Crippen LogP contribution in [0.15, 0.2) is 0 Å². The second-order valence-electron chi connectivity index (χ2n) is 6.43. The smallest absolute Gasteiger partial charge is 0.231 e. The van der Waals surface area contributed by atoms with E-state index in [0.29, 0.717) is 17.8 Å². The summed E-state index contributed by atoms with van der Waals surface area (Å²) in [4.78, 5) is 15.3. The van der Waals surface area contributed by atoms with Gasteiger partial charge in [0.2, 0.25) is 17.8 Å². The minimum absolute atomic E-state index is 0.646. The lowest BCUT2D eigenvalue weighted by Crippen LogP contribution is -2.21. The first-order chi connectivity index (χ1) is 10.2. The van der Waals surface area contributed by atoms with Gasteiger partial charge in [-0.3, -0.25) is 0 Å². The van der Waals surface area contributed by atoms with E-state index in [-0.39, 0.29) is 0 Å². The number of aromatic nitrogens is 3. The van der Waals surface area contributed by atoms with Crippen molar-refractivity contribution < 1.29 is 0 Å². The fourth-order valence-electron chi connectivity index (χ4n) is 2.86. The third kappa shape index (κ3) is 3.74. The van der Waals surface area contributed by atoms with E-state index in [1.54, 1.807) is 0 Å². The van der Waals surface area contributed by atoms with E-state index in [1.165, 1.54) is 25.7 Å². The van der Waals surface area contributed by atoms with Crippen LogP contribution < -0.4 is 15.5 Å². The van der Waals surface area contributed by atoms with Gasteiger partial charge in [-0.05, 0) is 50.4 Å². The van der Waals surface area contributed by atoms with Crippen molar-refractivity contribution in [1.82, 2.24) is 15.0 Å². The van der Waals surface area contributed by atoms with Crippen LogP contribution in [0.3, 0.4) is 0 Å². The molecule has 2 aliphatic rings. The van der Waals surface area contributed by atoms with Gasteiger partial charge in [0.25, 0.3) is 0 Å². The third-order valence-electron chi connectivity index (χ3n) is 4.31. The van der Waals surface area contributed by atoms with E-state index in [1.807, 2.05) is 25.9 Å². The van der Waals surface area contributed by atoms with E-state index in [4.69, 9.17) is 0 Å². The van der Waals surface area contributed by atoms with Crippen LogP contribution in [0.4, 0.5) is 17.8 Å². The first-order valence-electron chi connectivity index (χ1n) is 8.08. The Labute approximate surface area is 126 Å². The van der Waals surface area contributed by atoms with Crippen molar-refractivity contribution in [2.75, 3.05) is 42.7 Å². The van der Waals surface area contributed by atoms with Gasteiger partial charge in [0.05, 0.1) is 0 Å². The predicted molar refractivity (Wildman–Crippen MR) is 85.7 cm³/mol. The summed E-state index contributed by atoms with van der Waals surface area (Å²) < 4.78 is 0. The van der Waals surface area contributed by atoms with Crippen LogP contribution in [0.1, 0.15) is 32.6 Å². The number of nitrogens with one attached hydrogen (secondary N) is 2. The van der Waals surface area contributed by atoms with Crippen molar-refractivity contribution in [2.24, 2.45) is 17.8 Å². The highest BCUT2D eigenvalue weighted by atomic mass is 15.3. The van der Waals surface area contributed by atoms with Gasteiger partial charge in [-0.2, -0.15) is 15.0 Å². The zero-order chi connectivity index (χ0) is 14.8. The Balaban J connectivity index is 1.67. The van der Waals surface area contributed by atoms with Gasteiger partial charge >= 0.3 is 0 Å².